The normalized spacial score (nSPS) is 18.9. The zero-order valence-electron chi connectivity index (χ0n) is 11.7. The number of likely N-dealkylation sites (tertiary alicyclic amines) is 1. The topological polar surface area (TPSA) is 43.8 Å². The summed E-state index contributed by atoms with van der Waals surface area (Å²) >= 11 is 5.88. The van der Waals surface area contributed by atoms with E-state index in [0.717, 1.165) is 25.9 Å². The summed E-state index contributed by atoms with van der Waals surface area (Å²) in [6.45, 7) is 6.15. The number of hydrogen-bond donors (Lipinski definition) is 1. The maximum atomic E-state index is 12.5. The summed E-state index contributed by atoms with van der Waals surface area (Å²) in [6.07, 6.45) is 1.95. The van der Waals surface area contributed by atoms with Gasteiger partial charge in [-0.2, -0.15) is 0 Å². The number of halogens is 1. The third-order valence-corrected chi connectivity index (χ3v) is 4.31. The van der Waals surface area contributed by atoms with Gasteiger partial charge < -0.3 is 14.9 Å². The Morgan fingerprint density at radius 1 is 1.44 bits per heavy atom. The van der Waals surface area contributed by atoms with Gasteiger partial charge in [0.05, 0.1) is 12.0 Å². The number of hydrogen-bond acceptors (Lipinski definition) is 3. The number of piperidine rings is 1. The summed E-state index contributed by atoms with van der Waals surface area (Å²) in [6, 6.07) is 0.239. The molecule has 1 fully saturated rings. The smallest absolute Gasteiger partial charge is 0.229 e. The Hall–Kier alpha value is -0.320. The largest absolute Gasteiger partial charge is 0.395 e. The molecular formula is C13H25ClN2O2. The number of aliphatic hydroxyl groups excluding tert-OH is 1. The van der Waals surface area contributed by atoms with Crippen LogP contribution in [0.4, 0.5) is 0 Å². The summed E-state index contributed by atoms with van der Waals surface area (Å²) < 4.78 is 0. The Kier molecular flexibility index (Phi) is 5.89. The fourth-order valence-electron chi connectivity index (χ4n) is 2.31. The zero-order chi connectivity index (χ0) is 13.8. The molecule has 0 atom stereocenters. The predicted molar refractivity (Wildman–Crippen MR) is 73.8 cm³/mol. The molecule has 1 aliphatic rings. The van der Waals surface area contributed by atoms with E-state index < -0.39 is 5.41 Å². The molecule has 0 aromatic heterocycles. The lowest BCUT2D eigenvalue weighted by atomic mass is 9.92. The van der Waals surface area contributed by atoms with Crippen LogP contribution in [0.3, 0.4) is 0 Å². The van der Waals surface area contributed by atoms with E-state index in [1.807, 2.05) is 18.7 Å². The minimum absolute atomic E-state index is 0.0104. The van der Waals surface area contributed by atoms with Crippen LogP contribution in [0.25, 0.3) is 0 Å². The summed E-state index contributed by atoms with van der Waals surface area (Å²) in [5, 5.41) is 9.17. The highest BCUT2D eigenvalue weighted by Gasteiger charge is 2.35. The maximum absolute atomic E-state index is 12.5. The molecule has 4 nitrogen and oxygen atoms in total. The highest BCUT2D eigenvalue weighted by molar-refractivity contribution is 6.19. The second-order valence-electron chi connectivity index (χ2n) is 5.77. The van der Waals surface area contributed by atoms with Crippen LogP contribution >= 0.6 is 11.6 Å². The van der Waals surface area contributed by atoms with Crippen molar-refractivity contribution in [2.75, 3.05) is 39.2 Å². The Morgan fingerprint density at radius 3 is 2.44 bits per heavy atom. The van der Waals surface area contributed by atoms with Crippen LogP contribution in [-0.2, 0) is 4.79 Å². The molecule has 5 heteroatoms. The second kappa shape index (κ2) is 6.73. The molecule has 106 valence electrons. The molecule has 0 aliphatic carbocycles. The summed E-state index contributed by atoms with van der Waals surface area (Å²) in [7, 11) is 2.09. The van der Waals surface area contributed by atoms with E-state index >= 15 is 0 Å². The van der Waals surface area contributed by atoms with Crippen LogP contribution in [-0.4, -0.2) is 66.0 Å². The van der Waals surface area contributed by atoms with E-state index in [9.17, 15) is 4.79 Å². The average Bonchev–Trinajstić information content (AvgIpc) is 2.36. The third kappa shape index (κ3) is 3.84. The summed E-state index contributed by atoms with van der Waals surface area (Å²) in [5.74, 6) is 0.363. The second-order valence-corrected chi connectivity index (χ2v) is 6.04. The van der Waals surface area contributed by atoms with Crippen molar-refractivity contribution in [3.8, 4) is 0 Å². The van der Waals surface area contributed by atoms with E-state index in [0.29, 0.717) is 12.4 Å². The number of amides is 1. The Bertz CT molecular complexity index is 276. The van der Waals surface area contributed by atoms with Crippen molar-refractivity contribution >= 4 is 17.5 Å². The first-order chi connectivity index (χ1) is 8.42. The first-order valence-electron chi connectivity index (χ1n) is 6.59. The predicted octanol–water partition coefficient (Wildman–Crippen LogP) is 1.17. The minimum atomic E-state index is -0.555. The van der Waals surface area contributed by atoms with Crippen molar-refractivity contribution in [1.29, 1.82) is 0 Å². The van der Waals surface area contributed by atoms with Crippen LogP contribution in [0.15, 0.2) is 0 Å². The van der Waals surface area contributed by atoms with E-state index in [1.54, 1.807) is 0 Å². The summed E-state index contributed by atoms with van der Waals surface area (Å²) in [5.41, 5.74) is -0.555. The number of rotatable bonds is 5. The van der Waals surface area contributed by atoms with Crippen LogP contribution < -0.4 is 0 Å². The Balaban J connectivity index is 2.73. The van der Waals surface area contributed by atoms with Crippen LogP contribution in [0.5, 0.6) is 0 Å². The fraction of sp³-hybridized carbons (Fsp3) is 0.923. The number of carbonyl (C=O) groups is 1. The van der Waals surface area contributed by atoms with Gasteiger partial charge in [0.1, 0.15) is 0 Å². The maximum Gasteiger partial charge on any atom is 0.229 e. The third-order valence-electron chi connectivity index (χ3n) is 3.64. The molecule has 1 saturated heterocycles. The van der Waals surface area contributed by atoms with E-state index in [4.69, 9.17) is 16.7 Å². The van der Waals surface area contributed by atoms with Gasteiger partial charge >= 0.3 is 0 Å². The highest BCUT2D eigenvalue weighted by atomic mass is 35.5. The van der Waals surface area contributed by atoms with Crippen molar-refractivity contribution in [3.63, 3.8) is 0 Å². The van der Waals surface area contributed by atoms with Crippen LogP contribution in [0.2, 0.25) is 0 Å². The van der Waals surface area contributed by atoms with Gasteiger partial charge in [-0.3, -0.25) is 4.79 Å². The molecule has 0 radical (unpaired) electrons. The SMILES string of the molecule is CN1CCC(N(CCO)C(=O)C(C)(C)CCl)CC1. The number of alkyl halides is 1. The van der Waals surface area contributed by atoms with Crippen molar-refractivity contribution in [3.05, 3.63) is 0 Å². The standard InChI is InChI=1S/C13H25ClN2O2/c1-13(2,10-14)12(18)16(8-9-17)11-4-6-15(3)7-5-11/h11,17H,4-10H2,1-3H3. The molecule has 0 aromatic carbocycles. The van der Waals surface area contributed by atoms with Crippen molar-refractivity contribution < 1.29 is 9.90 Å². The van der Waals surface area contributed by atoms with Crippen LogP contribution in [0.1, 0.15) is 26.7 Å². The summed E-state index contributed by atoms with van der Waals surface area (Å²) in [4.78, 5) is 16.6. The van der Waals surface area contributed by atoms with Gasteiger partial charge in [0.25, 0.3) is 0 Å². The van der Waals surface area contributed by atoms with Gasteiger partial charge in [-0.25, -0.2) is 0 Å². The number of nitrogens with zero attached hydrogens (tertiary/aromatic N) is 2. The van der Waals surface area contributed by atoms with E-state index in [1.165, 1.54) is 0 Å². The molecule has 0 bridgehead atoms. The van der Waals surface area contributed by atoms with Gasteiger partial charge in [-0.1, -0.05) is 0 Å². The Morgan fingerprint density at radius 2 is 2.00 bits per heavy atom. The first-order valence-corrected chi connectivity index (χ1v) is 7.12. The molecule has 0 aromatic rings. The minimum Gasteiger partial charge on any atom is -0.395 e. The lowest BCUT2D eigenvalue weighted by Crippen LogP contribution is -2.52. The number of carbonyl (C=O) groups excluding carboxylic acids is 1. The molecular weight excluding hydrogens is 252 g/mol. The molecule has 0 spiro atoms. The van der Waals surface area contributed by atoms with Crippen molar-refractivity contribution in [2.45, 2.75) is 32.7 Å². The zero-order valence-corrected chi connectivity index (χ0v) is 12.4. The van der Waals surface area contributed by atoms with E-state index in [-0.39, 0.29) is 18.6 Å². The highest BCUT2D eigenvalue weighted by Crippen LogP contribution is 2.25. The van der Waals surface area contributed by atoms with Gasteiger partial charge in [0.2, 0.25) is 5.91 Å². The van der Waals surface area contributed by atoms with Gasteiger partial charge in [0.15, 0.2) is 0 Å². The molecule has 1 rings (SSSR count). The molecule has 0 unspecified atom stereocenters. The molecule has 1 N–H and O–H groups in total. The molecule has 18 heavy (non-hydrogen) atoms. The molecule has 1 aliphatic heterocycles. The molecule has 0 saturated carbocycles. The lowest BCUT2D eigenvalue weighted by Gasteiger charge is -2.40. The van der Waals surface area contributed by atoms with Gasteiger partial charge in [-0.05, 0) is 46.8 Å². The average molecular weight is 277 g/mol. The molecule has 1 amide bonds. The van der Waals surface area contributed by atoms with Gasteiger partial charge in [-0.15, -0.1) is 11.6 Å². The van der Waals surface area contributed by atoms with Gasteiger partial charge in [0, 0.05) is 18.5 Å². The number of aliphatic hydroxyl groups is 1. The first kappa shape index (κ1) is 15.7. The Labute approximate surface area is 115 Å². The monoisotopic (exact) mass is 276 g/mol. The fourth-order valence-corrected chi connectivity index (χ4v) is 2.42. The van der Waals surface area contributed by atoms with Crippen molar-refractivity contribution in [1.82, 2.24) is 9.80 Å². The lowest BCUT2D eigenvalue weighted by molar-refractivity contribution is -0.143. The van der Waals surface area contributed by atoms with Crippen LogP contribution in [0, 0.1) is 5.41 Å². The molecule has 1 heterocycles. The quantitative estimate of drug-likeness (QED) is 0.767. The van der Waals surface area contributed by atoms with E-state index in [2.05, 4.69) is 11.9 Å². The van der Waals surface area contributed by atoms with Crippen molar-refractivity contribution in [2.24, 2.45) is 5.41 Å².